The summed E-state index contributed by atoms with van der Waals surface area (Å²) < 4.78 is 0. The van der Waals surface area contributed by atoms with Crippen LogP contribution in [0.1, 0.15) is 12.5 Å². The largest absolute Gasteiger partial charge is 0.359 e. The van der Waals surface area contributed by atoms with E-state index in [-0.39, 0.29) is 5.24 Å². The summed E-state index contributed by atoms with van der Waals surface area (Å²) in [6, 6.07) is 1.91. The van der Waals surface area contributed by atoms with Gasteiger partial charge in [-0.25, -0.2) is 0 Å². The molecule has 0 saturated heterocycles. The van der Waals surface area contributed by atoms with E-state index in [2.05, 4.69) is 9.97 Å². The molecule has 1 N–H and O–H groups in total. The lowest BCUT2D eigenvalue weighted by molar-refractivity contribution is -0.114. The highest BCUT2D eigenvalue weighted by Gasteiger charge is 2.09. The number of carbonyl (C=O) groups is 2. The van der Waals surface area contributed by atoms with Gasteiger partial charge < -0.3 is 4.98 Å². The molecule has 0 aliphatic heterocycles. The number of imide groups is 1. The topological polar surface area (TPSA) is 66.1 Å². The predicted octanol–water partition coefficient (Wildman–Crippen LogP) is 2.87. The zero-order chi connectivity index (χ0) is 13.8. The monoisotopic (exact) mass is 275 g/mol. The first-order chi connectivity index (χ1) is 9.11. The first-order valence-electron chi connectivity index (χ1n) is 5.61. The van der Waals surface area contributed by atoms with Crippen molar-refractivity contribution in [1.82, 2.24) is 14.9 Å². The molecule has 0 atom stereocenters. The van der Waals surface area contributed by atoms with Gasteiger partial charge in [0.15, 0.2) is 0 Å². The zero-order valence-corrected chi connectivity index (χ0v) is 11.4. The standard InChI is InChI=1S/C13H13N3O2S/c1-9(19-13(18)16(2)8-17)5-10-6-15-12-7-14-4-3-11(10)12/h3-8,15H,1-2H3/b9-5-. The number of aromatic nitrogens is 2. The highest BCUT2D eigenvalue weighted by molar-refractivity contribution is 8.16. The van der Waals surface area contributed by atoms with Crippen LogP contribution < -0.4 is 0 Å². The van der Waals surface area contributed by atoms with Crippen LogP contribution in [-0.4, -0.2) is 33.6 Å². The van der Waals surface area contributed by atoms with Crippen molar-refractivity contribution >= 4 is 40.4 Å². The number of hydrogen-bond acceptors (Lipinski definition) is 4. The van der Waals surface area contributed by atoms with Crippen LogP contribution in [0.15, 0.2) is 29.6 Å². The number of pyridine rings is 1. The molecule has 2 rings (SSSR count). The van der Waals surface area contributed by atoms with Crippen molar-refractivity contribution in [3.8, 4) is 0 Å². The number of nitrogens with one attached hydrogen (secondary N) is 1. The van der Waals surface area contributed by atoms with Crippen molar-refractivity contribution in [2.24, 2.45) is 0 Å². The quantitative estimate of drug-likeness (QED) is 0.875. The number of carbonyl (C=O) groups excluding carboxylic acids is 2. The second kappa shape index (κ2) is 5.71. The van der Waals surface area contributed by atoms with Gasteiger partial charge in [-0.2, -0.15) is 0 Å². The first-order valence-corrected chi connectivity index (χ1v) is 6.43. The predicted molar refractivity (Wildman–Crippen MR) is 76.6 cm³/mol. The van der Waals surface area contributed by atoms with E-state index in [0.717, 1.165) is 38.0 Å². The normalized spacial score (nSPS) is 11.6. The second-order valence-electron chi connectivity index (χ2n) is 4.00. The first kappa shape index (κ1) is 13.4. The lowest BCUT2D eigenvalue weighted by Crippen LogP contribution is -2.20. The Morgan fingerprint density at radius 2 is 2.32 bits per heavy atom. The Hall–Kier alpha value is -2.08. The molecule has 0 spiro atoms. The maximum absolute atomic E-state index is 11.6. The fraction of sp³-hybridized carbons (Fsp3) is 0.154. The summed E-state index contributed by atoms with van der Waals surface area (Å²) in [4.78, 5) is 31.0. The molecule has 0 aliphatic rings. The van der Waals surface area contributed by atoms with Gasteiger partial charge in [-0.15, -0.1) is 0 Å². The van der Waals surface area contributed by atoms with Crippen LogP contribution in [0.3, 0.4) is 0 Å². The van der Waals surface area contributed by atoms with Crippen molar-refractivity contribution < 1.29 is 9.59 Å². The van der Waals surface area contributed by atoms with Crippen molar-refractivity contribution in [2.45, 2.75) is 6.92 Å². The summed E-state index contributed by atoms with van der Waals surface area (Å²) in [6.07, 6.45) is 7.74. The maximum Gasteiger partial charge on any atom is 0.292 e. The van der Waals surface area contributed by atoms with Crippen LogP contribution in [0.5, 0.6) is 0 Å². The van der Waals surface area contributed by atoms with E-state index in [0.29, 0.717) is 6.41 Å². The Balaban J connectivity index is 2.21. The molecule has 0 unspecified atom stereocenters. The number of thioether (sulfide) groups is 1. The molecule has 2 aromatic heterocycles. The lowest BCUT2D eigenvalue weighted by atomic mass is 10.2. The van der Waals surface area contributed by atoms with Gasteiger partial charge in [0.2, 0.25) is 6.41 Å². The highest BCUT2D eigenvalue weighted by Crippen LogP contribution is 2.24. The van der Waals surface area contributed by atoms with Crippen molar-refractivity contribution in [2.75, 3.05) is 7.05 Å². The number of fused-ring (bicyclic) bond motifs is 1. The minimum Gasteiger partial charge on any atom is -0.359 e. The maximum atomic E-state index is 11.6. The fourth-order valence-corrected chi connectivity index (χ4v) is 2.26. The highest BCUT2D eigenvalue weighted by atomic mass is 32.2. The number of allylic oxidation sites excluding steroid dienone is 1. The minimum absolute atomic E-state index is 0.301. The van der Waals surface area contributed by atoms with E-state index in [1.165, 1.54) is 7.05 Å². The molecule has 0 aliphatic carbocycles. The van der Waals surface area contributed by atoms with Gasteiger partial charge in [0, 0.05) is 30.4 Å². The molecule has 19 heavy (non-hydrogen) atoms. The summed E-state index contributed by atoms with van der Waals surface area (Å²) in [6.45, 7) is 1.83. The Labute approximate surface area is 114 Å². The van der Waals surface area contributed by atoms with Crippen molar-refractivity contribution in [3.63, 3.8) is 0 Å². The Morgan fingerprint density at radius 1 is 1.53 bits per heavy atom. The SMILES string of the molecule is C/C(=C/c1c[nH]c2cnccc12)SC(=O)N(C)C=O. The number of hydrogen-bond donors (Lipinski definition) is 1. The number of rotatable bonds is 3. The summed E-state index contributed by atoms with van der Waals surface area (Å²) in [5.74, 6) is 0. The third-order valence-corrected chi connectivity index (χ3v) is 3.47. The van der Waals surface area contributed by atoms with E-state index in [4.69, 9.17) is 0 Å². The van der Waals surface area contributed by atoms with Gasteiger partial charge in [0.25, 0.3) is 5.24 Å². The van der Waals surface area contributed by atoms with E-state index >= 15 is 0 Å². The molecule has 0 aromatic carbocycles. The summed E-state index contributed by atoms with van der Waals surface area (Å²) in [5, 5.41) is 0.747. The van der Waals surface area contributed by atoms with E-state index < -0.39 is 0 Å². The molecule has 0 fully saturated rings. The molecule has 2 amide bonds. The number of amides is 2. The smallest absolute Gasteiger partial charge is 0.292 e. The van der Waals surface area contributed by atoms with Crippen LogP contribution in [0.2, 0.25) is 0 Å². The Bertz CT molecular complexity index is 648. The summed E-state index contributed by atoms with van der Waals surface area (Å²) in [5.41, 5.74) is 1.94. The van der Waals surface area contributed by atoms with E-state index in [1.807, 2.05) is 25.3 Å². The molecule has 6 heteroatoms. The summed E-state index contributed by atoms with van der Waals surface area (Å²) >= 11 is 1.03. The number of H-pyrrole nitrogens is 1. The van der Waals surface area contributed by atoms with Gasteiger partial charge in [-0.3, -0.25) is 19.5 Å². The van der Waals surface area contributed by atoms with Crippen molar-refractivity contribution in [3.05, 3.63) is 35.1 Å². The molecule has 98 valence electrons. The Kier molecular flexibility index (Phi) is 4.01. The molecule has 2 heterocycles. The zero-order valence-electron chi connectivity index (χ0n) is 10.6. The average molecular weight is 275 g/mol. The van der Waals surface area contributed by atoms with Crippen LogP contribution in [0.25, 0.3) is 17.0 Å². The second-order valence-corrected chi connectivity index (χ2v) is 5.20. The minimum atomic E-state index is -0.301. The third-order valence-electron chi connectivity index (χ3n) is 2.57. The van der Waals surface area contributed by atoms with Gasteiger partial charge >= 0.3 is 0 Å². The number of nitrogens with zero attached hydrogens (tertiary/aromatic N) is 2. The Morgan fingerprint density at radius 3 is 3.05 bits per heavy atom. The van der Waals surface area contributed by atoms with Crippen LogP contribution in [0, 0.1) is 0 Å². The fourth-order valence-electron chi connectivity index (χ4n) is 1.62. The molecule has 0 bridgehead atoms. The molecule has 0 radical (unpaired) electrons. The molecular formula is C13H13N3O2S. The molecule has 5 nitrogen and oxygen atoms in total. The summed E-state index contributed by atoms with van der Waals surface area (Å²) in [7, 11) is 1.44. The van der Waals surface area contributed by atoms with Crippen LogP contribution in [-0.2, 0) is 4.79 Å². The van der Waals surface area contributed by atoms with E-state index in [9.17, 15) is 9.59 Å². The van der Waals surface area contributed by atoms with E-state index in [1.54, 1.807) is 12.4 Å². The number of aromatic amines is 1. The van der Waals surface area contributed by atoms with Crippen LogP contribution >= 0.6 is 11.8 Å². The molecule has 2 aromatic rings. The average Bonchev–Trinajstić information content (AvgIpc) is 2.81. The molecule has 0 saturated carbocycles. The van der Waals surface area contributed by atoms with Gasteiger partial charge in [-0.05, 0) is 35.7 Å². The van der Waals surface area contributed by atoms with Gasteiger partial charge in [-0.1, -0.05) is 0 Å². The van der Waals surface area contributed by atoms with Crippen molar-refractivity contribution in [1.29, 1.82) is 0 Å². The molecular weight excluding hydrogens is 262 g/mol. The lowest BCUT2D eigenvalue weighted by Gasteiger charge is -2.07. The van der Waals surface area contributed by atoms with Crippen LogP contribution in [0.4, 0.5) is 4.79 Å². The van der Waals surface area contributed by atoms with Gasteiger partial charge in [0.05, 0.1) is 11.7 Å². The van der Waals surface area contributed by atoms with Gasteiger partial charge in [0.1, 0.15) is 0 Å². The third kappa shape index (κ3) is 3.03.